The Balaban J connectivity index is 1.75. The Morgan fingerprint density at radius 1 is 1.11 bits per heavy atom. The normalized spacial score (nSPS) is 14.4. The summed E-state index contributed by atoms with van der Waals surface area (Å²) in [5.74, 6) is 0.0225. The third-order valence-corrected chi connectivity index (χ3v) is 6.60. The topological polar surface area (TPSA) is 176 Å². The molecule has 4 rings (SSSR count). The van der Waals surface area contributed by atoms with Crippen molar-refractivity contribution in [2.45, 2.75) is 12.5 Å². The van der Waals surface area contributed by atoms with E-state index in [9.17, 15) is 30.1 Å². The van der Waals surface area contributed by atoms with E-state index in [1.165, 1.54) is 26.4 Å². The van der Waals surface area contributed by atoms with E-state index in [2.05, 4.69) is 10.5 Å². The number of anilines is 1. The Hall–Kier alpha value is -4.47. The molecule has 0 spiro atoms. The van der Waals surface area contributed by atoms with Crippen molar-refractivity contribution in [2.24, 2.45) is 5.10 Å². The standard InChI is InChI=1S/C24H19IN4O9/c1-36-20-8-5-14-21(38-24(31)22(14)23(20)37-2)11-17(12-3-7-19(30)15(25)9-12)27-26-16-6-4-13(28(32)33)10-18(16)29(34)35/h3-10,21,26,30H,11H2,1-2H3/b27-17+/t21-/m0/s1. The summed E-state index contributed by atoms with van der Waals surface area (Å²) >= 11 is 1.94. The summed E-state index contributed by atoms with van der Waals surface area (Å²) in [6, 6.07) is 11.1. The second kappa shape index (κ2) is 10.9. The minimum atomic E-state index is -0.781. The van der Waals surface area contributed by atoms with Crippen LogP contribution in [0.1, 0.15) is 34.0 Å². The number of carbonyl (C=O) groups excluding carboxylic acids is 1. The lowest BCUT2D eigenvalue weighted by Crippen LogP contribution is -2.12. The molecule has 14 heteroatoms. The number of hydrogen-bond acceptors (Lipinski definition) is 11. The molecule has 196 valence electrons. The first-order valence-corrected chi connectivity index (χ1v) is 11.9. The molecule has 0 amide bonds. The van der Waals surface area contributed by atoms with Crippen molar-refractivity contribution in [3.8, 4) is 17.2 Å². The van der Waals surface area contributed by atoms with Crippen molar-refractivity contribution >= 4 is 51.3 Å². The number of fused-ring (bicyclic) bond motifs is 1. The predicted molar refractivity (Wildman–Crippen MR) is 143 cm³/mol. The second-order valence-corrected chi connectivity index (χ2v) is 9.08. The van der Waals surface area contributed by atoms with E-state index in [1.807, 2.05) is 22.6 Å². The van der Waals surface area contributed by atoms with E-state index in [-0.39, 0.29) is 29.2 Å². The van der Waals surface area contributed by atoms with Crippen molar-refractivity contribution in [1.29, 1.82) is 0 Å². The number of esters is 1. The number of aromatic hydroxyl groups is 1. The quantitative estimate of drug-likeness (QED) is 0.108. The summed E-state index contributed by atoms with van der Waals surface area (Å²) in [7, 11) is 2.85. The van der Waals surface area contributed by atoms with Crippen molar-refractivity contribution < 1.29 is 34.0 Å². The number of hydrogen-bond donors (Lipinski definition) is 2. The van der Waals surface area contributed by atoms with Gasteiger partial charge in [0.2, 0.25) is 0 Å². The zero-order chi connectivity index (χ0) is 27.6. The van der Waals surface area contributed by atoms with Gasteiger partial charge in [0.25, 0.3) is 5.69 Å². The zero-order valence-electron chi connectivity index (χ0n) is 19.8. The molecule has 0 saturated carbocycles. The Labute approximate surface area is 228 Å². The third-order valence-electron chi connectivity index (χ3n) is 5.74. The number of ether oxygens (including phenoxy) is 3. The lowest BCUT2D eigenvalue weighted by molar-refractivity contribution is -0.393. The van der Waals surface area contributed by atoms with Crippen LogP contribution in [0.2, 0.25) is 0 Å². The van der Waals surface area contributed by atoms with Gasteiger partial charge in [-0.2, -0.15) is 5.10 Å². The highest BCUT2D eigenvalue weighted by Gasteiger charge is 2.36. The number of benzene rings is 3. The molecule has 3 aromatic carbocycles. The molecular weight excluding hydrogens is 615 g/mol. The number of nitrogens with zero attached hydrogens (tertiary/aromatic N) is 3. The Kier molecular flexibility index (Phi) is 7.61. The first-order chi connectivity index (χ1) is 18.1. The van der Waals surface area contributed by atoms with E-state index in [4.69, 9.17) is 14.2 Å². The van der Waals surface area contributed by atoms with Crippen LogP contribution in [-0.4, -0.2) is 40.9 Å². The molecule has 1 aliphatic rings. The molecule has 3 aromatic rings. The van der Waals surface area contributed by atoms with E-state index in [0.29, 0.717) is 26.2 Å². The fraction of sp³-hybridized carbons (Fsp3) is 0.167. The van der Waals surface area contributed by atoms with Crippen molar-refractivity contribution in [2.75, 3.05) is 19.6 Å². The second-order valence-electron chi connectivity index (χ2n) is 7.92. The summed E-state index contributed by atoms with van der Waals surface area (Å²) in [5.41, 5.74) is 3.17. The van der Waals surface area contributed by atoms with Crippen LogP contribution >= 0.6 is 22.6 Å². The number of rotatable bonds is 9. The maximum atomic E-state index is 12.7. The number of nitro benzene ring substituents is 2. The highest BCUT2D eigenvalue weighted by Crippen LogP contribution is 2.43. The molecular formula is C24H19IN4O9. The first kappa shape index (κ1) is 26.6. The molecule has 0 aliphatic carbocycles. The molecule has 0 aromatic heterocycles. The number of cyclic esters (lactones) is 1. The van der Waals surface area contributed by atoms with E-state index in [1.54, 1.807) is 24.3 Å². The fourth-order valence-electron chi connectivity index (χ4n) is 3.92. The monoisotopic (exact) mass is 634 g/mol. The van der Waals surface area contributed by atoms with Crippen LogP contribution in [0.4, 0.5) is 17.1 Å². The van der Waals surface area contributed by atoms with Crippen molar-refractivity contribution in [3.63, 3.8) is 0 Å². The number of hydrazone groups is 1. The Morgan fingerprint density at radius 2 is 1.87 bits per heavy atom. The van der Waals surface area contributed by atoms with Gasteiger partial charge in [-0.1, -0.05) is 6.07 Å². The lowest BCUT2D eigenvalue weighted by Gasteiger charge is -2.15. The van der Waals surface area contributed by atoms with Gasteiger partial charge in [-0.05, 0) is 58.5 Å². The summed E-state index contributed by atoms with van der Waals surface area (Å²) in [6.45, 7) is 0. The fourth-order valence-corrected chi connectivity index (χ4v) is 4.44. The van der Waals surface area contributed by atoms with Crippen LogP contribution in [0.25, 0.3) is 0 Å². The minimum Gasteiger partial charge on any atom is -0.507 e. The van der Waals surface area contributed by atoms with Gasteiger partial charge < -0.3 is 19.3 Å². The maximum absolute atomic E-state index is 12.7. The summed E-state index contributed by atoms with van der Waals surface area (Å²) < 4.78 is 16.8. The molecule has 0 bridgehead atoms. The predicted octanol–water partition coefficient (Wildman–Crippen LogP) is 4.95. The molecule has 0 saturated heterocycles. The van der Waals surface area contributed by atoms with Gasteiger partial charge in [-0.25, -0.2) is 4.79 Å². The largest absolute Gasteiger partial charge is 0.507 e. The van der Waals surface area contributed by atoms with Crippen molar-refractivity contribution in [3.05, 3.63) is 89.0 Å². The molecule has 0 fully saturated rings. The number of non-ortho nitro benzene ring substituents is 1. The van der Waals surface area contributed by atoms with Gasteiger partial charge in [0.05, 0.1) is 39.4 Å². The van der Waals surface area contributed by atoms with Gasteiger partial charge >= 0.3 is 11.7 Å². The lowest BCUT2D eigenvalue weighted by atomic mass is 9.97. The number of carbonyl (C=O) groups is 1. The van der Waals surface area contributed by atoms with Crippen LogP contribution in [0.5, 0.6) is 17.2 Å². The molecule has 2 N–H and O–H groups in total. The van der Waals surface area contributed by atoms with Gasteiger partial charge in [-0.15, -0.1) is 0 Å². The molecule has 0 unspecified atom stereocenters. The van der Waals surface area contributed by atoms with Crippen LogP contribution in [0, 0.1) is 23.8 Å². The summed E-state index contributed by atoms with van der Waals surface area (Å²) in [4.78, 5) is 33.9. The average Bonchev–Trinajstić information content (AvgIpc) is 3.22. The van der Waals surface area contributed by atoms with E-state index < -0.39 is 33.3 Å². The highest BCUT2D eigenvalue weighted by atomic mass is 127. The first-order valence-electron chi connectivity index (χ1n) is 10.8. The minimum absolute atomic E-state index is 0.0436. The number of phenolic OH excluding ortho intramolecular Hbond substituents is 1. The molecule has 1 atom stereocenters. The number of halogens is 1. The van der Waals surface area contributed by atoms with E-state index >= 15 is 0 Å². The van der Waals surface area contributed by atoms with Crippen LogP contribution in [0.3, 0.4) is 0 Å². The number of nitro groups is 2. The van der Waals surface area contributed by atoms with Crippen LogP contribution in [-0.2, 0) is 4.74 Å². The summed E-state index contributed by atoms with van der Waals surface area (Å²) in [6.07, 6.45) is -0.737. The maximum Gasteiger partial charge on any atom is 0.343 e. The molecule has 1 aliphatic heterocycles. The van der Waals surface area contributed by atoms with Crippen molar-refractivity contribution in [1.82, 2.24) is 0 Å². The average molecular weight is 634 g/mol. The van der Waals surface area contributed by atoms with Gasteiger partial charge in [-0.3, -0.25) is 25.7 Å². The smallest absolute Gasteiger partial charge is 0.343 e. The number of methoxy groups -OCH3 is 2. The Bertz CT molecular complexity index is 1490. The molecule has 0 radical (unpaired) electrons. The van der Waals surface area contributed by atoms with Gasteiger partial charge in [0.15, 0.2) is 11.5 Å². The molecule has 13 nitrogen and oxygen atoms in total. The Morgan fingerprint density at radius 3 is 2.50 bits per heavy atom. The zero-order valence-corrected chi connectivity index (χ0v) is 22.0. The molecule has 1 heterocycles. The molecule has 38 heavy (non-hydrogen) atoms. The van der Waals surface area contributed by atoms with Gasteiger partial charge in [0.1, 0.15) is 23.1 Å². The third kappa shape index (κ3) is 5.15. The van der Waals surface area contributed by atoms with Crippen LogP contribution < -0.4 is 14.9 Å². The highest BCUT2D eigenvalue weighted by molar-refractivity contribution is 14.1. The van der Waals surface area contributed by atoms with Crippen LogP contribution in [0.15, 0.2) is 53.6 Å². The summed E-state index contributed by atoms with van der Waals surface area (Å²) in [5, 5.41) is 36.9. The SMILES string of the molecule is COc1ccc2c(c1OC)C(=O)O[C@H]2C/C(=N\Nc1ccc([N+](=O)[O-])cc1[N+](=O)[O-])c1ccc(O)c(I)c1. The van der Waals surface area contributed by atoms with E-state index in [0.717, 1.165) is 12.1 Å². The number of nitrogens with one attached hydrogen (secondary N) is 1. The number of phenols is 1. The van der Waals surface area contributed by atoms with Gasteiger partial charge in [0, 0.05) is 18.1 Å².